The van der Waals surface area contributed by atoms with Crippen LogP contribution in [0, 0.1) is 5.82 Å². The van der Waals surface area contributed by atoms with Gasteiger partial charge >= 0.3 is 0 Å². The number of anilines is 2. The first-order valence-corrected chi connectivity index (χ1v) is 8.29. The molecule has 2 aromatic carbocycles. The quantitative estimate of drug-likeness (QED) is 0.892. The Hall–Kier alpha value is -2.54. The molecule has 0 aliphatic carbocycles. The molecule has 0 saturated carbocycles. The highest BCUT2D eigenvalue weighted by Gasteiger charge is 2.18. The van der Waals surface area contributed by atoms with Gasteiger partial charge in [-0.05, 0) is 37.3 Å². The van der Waals surface area contributed by atoms with E-state index in [9.17, 15) is 14.0 Å². The Balaban J connectivity index is 1.66. The van der Waals surface area contributed by atoms with Crippen LogP contribution in [0.1, 0.15) is 6.92 Å². The van der Waals surface area contributed by atoms with Crippen LogP contribution in [0.4, 0.5) is 15.8 Å². The number of hydrogen-bond acceptors (Lipinski definition) is 4. The summed E-state index contributed by atoms with van der Waals surface area (Å²) in [7, 11) is 0. The molecule has 2 amide bonds. The maximum Gasteiger partial charge on any atom is 0.265 e. The predicted molar refractivity (Wildman–Crippen MR) is 90.9 cm³/mol. The van der Waals surface area contributed by atoms with Crippen LogP contribution in [0.15, 0.2) is 47.4 Å². The van der Waals surface area contributed by atoms with Crippen LogP contribution < -0.4 is 15.4 Å². The number of carbonyl (C=O) groups is 2. The zero-order valence-electron chi connectivity index (χ0n) is 12.8. The van der Waals surface area contributed by atoms with Gasteiger partial charge in [0.05, 0.1) is 11.4 Å². The van der Waals surface area contributed by atoms with Crippen LogP contribution in [0.2, 0.25) is 0 Å². The Morgan fingerprint density at radius 3 is 2.96 bits per heavy atom. The molecule has 0 saturated heterocycles. The number of nitrogens with one attached hydrogen (secondary N) is 2. The van der Waals surface area contributed by atoms with Gasteiger partial charge in [-0.15, -0.1) is 11.8 Å². The molecule has 0 aromatic heterocycles. The molecule has 0 bridgehead atoms. The van der Waals surface area contributed by atoms with Crippen molar-refractivity contribution in [3.8, 4) is 5.75 Å². The van der Waals surface area contributed by atoms with Crippen molar-refractivity contribution < 1.29 is 18.7 Å². The lowest BCUT2D eigenvalue weighted by atomic mass is 10.2. The lowest BCUT2D eigenvalue weighted by Gasteiger charge is -2.18. The van der Waals surface area contributed by atoms with Crippen molar-refractivity contribution >= 4 is 35.0 Å². The first-order valence-electron chi connectivity index (χ1n) is 7.31. The Kier molecular flexibility index (Phi) is 4.71. The van der Waals surface area contributed by atoms with Crippen LogP contribution in [-0.4, -0.2) is 23.7 Å². The van der Waals surface area contributed by atoms with Crippen LogP contribution >= 0.6 is 11.8 Å². The van der Waals surface area contributed by atoms with Gasteiger partial charge in [-0.3, -0.25) is 9.59 Å². The van der Waals surface area contributed by atoms with E-state index in [0.29, 0.717) is 17.1 Å². The van der Waals surface area contributed by atoms with Gasteiger partial charge in [-0.1, -0.05) is 6.07 Å². The minimum absolute atomic E-state index is 0.0706. The molecule has 5 nitrogen and oxygen atoms in total. The molecule has 1 aliphatic heterocycles. The summed E-state index contributed by atoms with van der Waals surface area (Å²) in [6.07, 6.45) is -0.799. The second-order valence-electron chi connectivity index (χ2n) is 5.25. The average Bonchev–Trinajstić information content (AvgIpc) is 2.54. The fourth-order valence-electron chi connectivity index (χ4n) is 2.20. The van der Waals surface area contributed by atoms with E-state index < -0.39 is 11.9 Å². The summed E-state index contributed by atoms with van der Waals surface area (Å²) >= 11 is 1.45. The number of amides is 2. The molecule has 0 spiro atoms. The molecule has 7 heteroatoms. The monoisotopic (exact) mass is 346 g/mol. The number of thioether (sulfide) groups is 1. The lowest BCUT2D eigenvalue weighted by Crippen LogP contribution is -2.30. The first-order chi connectivity index (χ1) is 11.5. The molecular weight excluding hydrogens is 331 g/mol. The maximum absolute atomic E-state index is 13.1. The lowest BCUT2D eigenvalue weighted by molar-refractivity contribution is -0.122. The van der Waals surface area contributed by atoms with Crippen molar-refractivity contribution in [2.24, 2.45) is 0 Å². The first kappa shape index (κ1) is 16.3. The number of benzene rings is 2. The fraction of sp³-hybridized carbons (Fsp3) is 0.176. The molecular formula is C17H15FN2O3S. The number of ether oxygens (including phenoxy) is 1. The Morgan fingerprint density at radius 2 is 2.17 bits per heavy atom. The van der Waals surface area contributed by atoms with E-state index in [4.69, 9.17) is 4.74 Å². The van der Waals surface area contributed by atoms with Crippen LogP contribution in [0.5, 0.6) is 5.75 Å². The standard InChI is InChI=1S/C17H15FN2O3S/c1-10(23-13-4-2-3-11(18)7-13)17(22)19-12-5-6-15-14(8-12)20-16(21)9-24-15/h2-8,10H,9H2,1H3,(H,19,22)(H,20,21). The topological polar surface area (TPSA) is 67.4 Å². The van der Waals surface area contributed by atoms with Crippen LogP contribution in [0.25, 0.3) is 0 Å². The third kappa shape index (κ3) is 3.86. The number of fused-ring (bicyclic) bond motifs is 1. The molecule has 3 rings (SSSR count). The molecule has 2 N–H and O–H groups in total. The van der Waals surface area contributed by atoms with Crippen molar-refractivity contribution in [2.75, 3.05) is 16.4 Å². The summed E-state index contributed by atoms with van der Waals surface area (Å²) in [6, 6.07) is 10.9. The molecule has 0 radical (unpaired) electrons. The van der Waals surface area contributed by atoms with E-state index in [1.54, 1.807) is 25.1 Å². The van der Waals surface area contributed by atoms with Crippen molar-refractivity contribution in [1.29, 1.82) is 0 Å². The largest absolute Gasteiger partial charge is 0.481 e. The summed E-state index contributed by atoms with van der Waals surface area (Å²) in [5, 5.41) is 5.49. The highest BCUT2D eigenvalue weighted by Crippen LogP contribution is 2.33. The molecule has 24 heavy (non-hydrogen) atoms. The minimum atomic E-state index is -0.799. The van der Waals surface area contributed by atoms with Crippen molar-refractivity contribution in [3.05, 3.63) is 48.3 Å². The molecule has 0 fully saturated rings. The highest BCUT2D eigenvalue weighted by atomic mass is 32.2. The van der Waals surface area contributed by atoms with E-state index in [1.807, 2.05) is 6.07 Å². The smallest absolute Gasteiger partial charge is 0.265 e. The number of rotatable bonds is 4. The van der Waals surface area contributed by atoms with Gasteiger partial charge in [0.2, 0.25) is 5.91 Å². The zero-order chi connectivity index (χ0) is 17.1. The van der Waals surface area contributed by atoms with E-state index in [0.717, 1.165) is 4.90 Å². The normalized spacial score (nSPS) is 14.3. The number of halogens is 1. The van der Waals surface area contributed by atoms with Gasteiger partial charge in [-0.25, -0.2) is 4.39 Å². The van der Waals surface area contributed by atoms with Crippen molar-refractivity contribution in [1.82, 2.24) is 0 Å². The SMILES string of the molecule is CC(Oc1cccc(F)c1)C(=O)Nc1ccc2c(c1)NC(=O)CS2. The molecule has 124 valence electrons. The van der Waals surface area contributed by atoms with E-state index in [1.165, 1.54) is 30.0 Å². The van der Waals surface area contributed by atoms with Crippen molar-refractivity contribution in [3.63, 3.8) is 0 Å². The summed E-state index contributed by atoms with van der Waals surface area (Å²) < 4.78 is 18.6. The molecule has 2 aromatic rings. The zero-order valence-corrected chi connectivity index (χ0v) is 13.7. The highest BCUT2D eigenvalue weighted by molar-refractivity contribution is 8.00. The molecule has 1 atom stereocenters. The average molecular weight is 346 g/mol. The van der Waals surface area contributed by atoms with E-state index in [2.05, 4.69) is 10.6 Å². The van der Waals surface area contributed by atoms with Gasteiger partial charge in [0.1, 0.15) is 11.6 Å². The summed E-state index contributed by atoms with van der Waals surface area (Å²) in [6.45, 7) is 1.58. The third-order valence-corrected chi connectivity index (χ3v) is 4.43. The van der Waals surface area contributed by atoms with Gasteiger partial charge in [0.15, 0.2) is 6.10 Å². The Morgan fingerprint density at radius 1 is 1.33 bits per heavy atom. The number of carbonyl (C=O) groups excluding carboxylic acids is 2. The van der Waals surface area contributed by atoms with Gasteiger partial charge in [0.25, 0.3) is 5.91 Å². The third-order valence-electron chi connectivity index (χ3n) is 3.36. The van der Waals surface area contributed by atoms with E-state index in [-0.39, 0.29) is 17.6 Å². The predicted octanol–water partition coefficient (Wildman–Crippen LogP) is 3.28. The fourth-order valence-corrected chi connectivity index (χ4v) is 2.99. The maximum atomic E-state index is 13.1. The van der Waals surface area contributed by atoms with Crippen molar-refractivity contribution in [2.45, 2.75) is 17.9 Å². The molecule has 1 heterocycles. The summed E-state index contributed by atoms with van der Waals surface area (Å²) in [5.74, 6) is -0.195. The Bertz CT molecular complexity index is 797. The van der Waals surface area contributed by atoms with Gasteiger partial charge in [0, 0.05) is 16.6 Å². The number of hydrogen-bond donors (Lipinski definition) is 2. The minimum Gasteiger partial charge on any atom is -0.481 e. The molecule has 1 aliphatic rings. The van der Waals surface area contributed by atoms with Gasteiger partial charge < -0.3 is 15.4 Å². The van der Waals surface area contributed by atoms with Crippen LogP contribution in [0.3, 0.4) is 0 Å². The summed E-state index contributed by atoms with van der Waals surface area (Å²) in [5.41, 5.74) is 1.23. The second-order valence-corrected chi connectivity index (χ2v) is 6.27. The van der Waals surface area contributed by atoms with Crippen LogP contribution in [-0.2, 0) is 9.59 Å². The van der Waals surface area contributed by atoms with E-state index >= 15 is 0 Å². The molecule has 1 unspecified atom stereocenters. The second kappa shape index (κ2) is 6.92. The van der Waals surface area contributed by atoms with Gasteiger partial charge in [-0.2, -0.15) is 0 Å². The Labute approximate surface area is 142 Å². The summed E-state index contributed by atoms with van der Waals surface area (Å²) in [4.78, 5) is 24.6.